The second kappa shape index (κ2) is 7.05. The number of ether oxygens (including phenoxy) is 2. The zero-order valence-electron chi connectivity index (χ0n) is 9.20. The molecule has 104 valence electrons. The van der Waals surface area contributed by atoms with Crippen molar-refractivity contribution >= 4 is 0 Å². The Morgan fingerprint density at radius 3 is 1.82 bits per heavy atom. The molecule has 0 heterocycles. The highest BCUT2D eigenvalue weighted by atomic mass is 19.4. The average molecular weight is 268 g/mol. The summed E-state index contributed by atoms with van der Waals surface area (Å²) in [6.07, 6.45) is -13.1. The van der Waals surface area contributed by atoms with E-state index in [2.05, 4.69) is 4.74 Å². The van der Waals surface area contributed by atoms with Crippen molar-refractivity contribution in [2.75, 3.05) is 19.8 Å². The molecule has 0 aromatic heterocycles. The van der Waals surface area contributed by atoms with Crippen molar-refractivity contribution < 1.29 is 35.8 Å². The lowest BCUT2D eigenvalue weighted by molar-refractivity contribution is -0.322. The summed E-state index contributed by atoms with van der Waals surface area (Å²) >= 11 is 0. The van der Waals surface area contributed by atoms with Gasteiger partial charge in [0.1, 0.15) is 0 Å². The van der Waals surface area contributed by atoms with Gasteiger partial charge < -0.3 is 9.47 Å². The molecule has 0 aromatic rings. The zero-order valence-corrected chi connectivity index (χ0v) is 9.20. The van der Waals surface area contributed by atoms with Crippen LogP contribution in [0.2, 0.25) is 0 Å². The molecule has 0 radical (unpaired) electrons. The van der Waals surface area contributed by atoms with E-state index < -0.39 is 25.1 Å². The quantitative estimate of drug-likeness (QED) is 0.521. The molecule has 0 aliphatic carbocycles. The van der Waals surface area contributed by atoms with Crippen LogP contribution in [0, 0.1) is 0 Å². The number of rotatable bonds is 7. The first kappa shape index (κ1) is 16.5. The van der Waals surface area contributed by atoms with Crippen molar-refractivity contribution in [3.05, 3.63) is 0 Å². The van der Waals surface area contributed by atoms with E-state index in [-0.39, 0.29) is 6.61 Å². The zero-order chi connectivity index (χ0) is 13.5. The predicted octanol–water partition coefficient (Wildman–Crippen LogP) is 3.31. The smallest absolute Gasteiger partial charge is 0.379 e. The molecule has 0 unspecified atom stereocenters. The Hall–Kier alpha value is -0.500. The summed E-state index contributed by atoms with van der Waals surface area (Å²) in [7, 11) is 0. The van der Waals surface area contributed by atoms with E-state index in [1.165, 1.54) is 0 Å². The number of unbranched alkanes of at least 4 members (excludes halogenated alkanes) is 1. The minimum absolute atomic E-state index is 0.289. The van der Waals surface area contributed by atoms with E-state index in [9.17, 15) is 26.3 Å². The summed E-state index contributed by atoms with van der Waals surface area (Å²) in [4.78, 5) is 0. The number of hydrogen-bond donors (Lipinski definition) is 0. The van der Waals surface area contributed by atoms with Crippen LogP contribution in [0.4, 0.5) is 26.3 Å². The van der Waals surface area contributed by atoms with Gasteiger partial charge in [-0.2, -0.15) is 26.3 Å². The lowest BCUT2D eigenvalue weighted by atomic mass is 10.3. The summed E-state index contributed by atoms with van der Waals surface area (Å²) < 4.78 is 80.3. The number of alkyl halides is 6. The molecule has 0 N–H and O–H groups in total. The Balaban J connectivity index is 3.95. The summed E-state index contributed by atoms with van der Waals surface area (Å²) in [5.41, 5.74) is 0. The third kappa shape index (κ3) is 7.43. The van der Waals surface area contributed by atoms with Crippen LogP contribution in [0.5, 0.6) is 0 Å². The summed E-state index contributed by atoms with van der Waals surface area (Å²) in [5.74, 6) is 0. The van der Waals surface area contributed by atoms with Gasteiger partial charge in [0.05, 0.1) is 13.2 Å². The Bertz CT molecular complexity index is 187. The molecule has 0 spiro atoms. The van der Waals surface area contributed by atoms with Crippen molar-refractivity contribution in [1.29, 1.82) is 0 Å². The second-order valence-corrected chi connectivity index (χ2v) is 3.30. The fourth-order valence-electron chi connectivity index (χ4n) is 0.948. The van der Waals surface area contributed by atoms with Crippen LogP contribution in [-0.2, 0) is 9.47 Å². The molecular formula is C9H14F6O2. The van der Waals surface area contributed by atoms with E-state index in [0.717, 1.165) is 6.42 Å². The van der Waals surface area contributed by atoms with Crippen LogP contribution in [0.25, 0.3) is 0 Å². The maximum atomic E-state index is 12.0. The molecule has 0 fully saturated rings. The van der Waals surface area contributed by atoms with E-state index in [1.54, 1.807) is 0 Å². The maximum absolute atomic E-state index is 12.0. The van der Waals surface area contributed by atoms with Crippen LogP contribution in [0.1, 0.15) is 19.8 Å². The van der Waals surface area contributed by atoms with Crippen molar-refractivity contribution in [2.24, 2.45) is 0 Å². The molecule has 0 aliphatic heterocycles. The molecule has 17 heavy (non-hydrogen) atoms. The van der Waals surface area contributed by atoms with Gasteiger partial charge in [0.15, 0.2) is 0 Å². The highest BCUT2D eigenvalue weighted by Gasteiger charge is 2.57. The van der Waals surface area contributed by atoms with Crippen molar-refractivity contribution in [2.45, 2.75) is 38.2 Å². The minimum Gasteiger partial charge on any atom is -0.379 e. The molecule has 0 saturated carbocycles. The molecule has 8 heteroatoms. The van der Waals surface area contributed by atoms with Crippen LogP contribution < -0.4 is 0 Å². The Morgan fingerprint density at radius 1 is 0.882 bits per heavy atom. The van der Waals surface area contributed by atoms with Crippen LogP contribution in [0.15, 0.2) is 0 Å². The van der Waals surface area contributed by atoms with Gasteiger partial charge in [-0.3, -0.25) is 0 Å². The largest absolute Gasteiger partial charge is 0.423 e. The van der Waals surface area contributed by atoms with Crippen molar-refractivity contribution in [3.8, 4) is 0 Å². The molecule has 0 bridgehead atoms. The Morgan fingerprint density at radius 2 is 1.41 bits per heavy atom. The van der Waals surface area contributed by atoms with Gasteiger partial charge in [0, 0.05) is 6.61 Å². The number of halogens is 6. The molecule has 0 saturated heterocycles. The maximum Gasteiger partial charge on any atom is 0.423 e. The van der Waals surface area contributed by atoms with Gasteiger partial charge in [-0.15, -0.1) is 0 Å². The van der Waals surface area contributed by atoms with E-state index >= 15 is 0 Å². The molecule has 0 atom stereocenters. The Kier molecular flexibility index (Phi) is 6.84. The first-order valence-electron chi connectivity index (χ1n) is 5.02. The van der Waals surface area contributed by atoms with Crippen LogP contribution in [-0.4, -0.2) is 38.3 Å². The van der Waals surface area contributed by atoms with Gasteiger partial charge in [0.2, 0.25) is 6.10 Å². The molecular weight excluding hydrogens is 254 g/mol. The summed E-state index contributed by atoms with van der Waals surface area (Å²) in [6.45, 7) is 1.14. The molecule has 0 aromatic carbocycles. The van der Waals surface area contributed by atoms with Crippen LogP contribution in [0.3, 0.4) is 0 Å². The molecule has 2 nitrogen and oxygen atoms in total. The van der Waals surface area contributed by atoms with Crippen molar-refractivity contribution in [1.82, 2.24) is 0 Å². The standard InChI is InChI=1S/C9H14F6O2/c1-2-3-4-16-5-6-17-7(8(10,11)12)9(13,14)15/h7H,2-6H2,1H3. The van der Waals surface area contributed by atoms with Gasteiger partial charge in [-0.25, -0.2) is 0 Å². The summed E-state index contributed by atoms with van der Waals surface area (Å²) in [5, 5.41) is 0. The normalized spacial score (nSPS) is 13.4. The lowest BCUT2D eigenvalue weighted by Crippen LogP contribution is -2.44. The second-order valence-electron chi connectivity index (χ2n) is 3.30. The predicted molar refractivity (Wildman–Crippen MR) is 47.6 cm³/mol. The molecule has 0 aliphatic rings. The fourth-order valence-corrected chi connectivity index (χ4v) is 0.948. The van der Waals surface area contributed by atoms with E-state index in [0.29, 0.717) is 13.0 Å². The number of hydrogen-bond acceptors (Lipinski definition) is 2. The topological polar surface area (TPSA) is 18.5 Å². The van der Waals surface area contributed by atoms with E-state index in [1.807, 2.05) is 6.92 Å². The fraction of sp³-hybridized carbons (Fsp3) is 1.00. The summed E-state index contributed by atoms with van der Waals surface area (Å²) in [6, 6.07) is 0. The van der Waals surface area contributed by atoms with Crippen molar-refractivity contribution in [3.63, 3.8) is 0 Å². The highest BCUT2D eigenvalue weighted by molar-refractivity contribution is 4.75. The monoisotopic (exact) mass is 268 g/mol. The molecule has 0 amide bonds. The third-order valence-electron chi connectivity index (χ3n) is 1.75. The lowest BCUT2D eigenvalue weighted by Gasteiger charge is -2.22. The highest BCUT2D eigenvalue weighted by Crippen LogP contribution is 2.35. The van der Waals surface area contributed by atoms with Crippen LogP contribution >= 0.6 is 0 Å². The van der Waals surface area contributed by atoms with E-state index in [4.69, 9.17) is 4.74 Å². The molecule has 0 rings (SSSR count). The minimum atomic E-state index is -5.46. The van der Waals surface area contributed by atoms with Gasteiger partial charge >= 0.3 is 12.4 Å². The Labute approximate surface area is 94.9 Å². The third-order valence-corrected chi connectivity index (χ3v) is 1.75. The van der Waals surface area contributed by atoms with Gasteiger partial charge in [0.25, 0.3) is 0 Å². The average Bonchev–Trinajstić information content (AvgIpc) is 2.12. The first-order valence-corrected chi connectivity index (χ1v) is 5.02. The first-order chi connectivity index (χ1) is 7.69. The SMILES string of the molecule is CCCCOCCOC(C(F)(F)F)C(F)(F)F. The van der Waals surface area contributed by atoms with Gasteiger partial charge in [-0.05, 0) is 6.42 Å². The van der Waals surface area contributed by atoms with Gasteiger partial charge in [-0.1, -0.05) is 13.3 Å².